The second-order valence-corrected chi connectivity index (χ2v) is 4.98. The van der Waals surface area contributed by atoms with Crippen molar-refractivity contribution < 1.29 is 14.3 Å². The van der Waals surface area contributed by atoms with Gasteiger partial charge < -0.3 is 14.8 Å². The van der Waals surface area contributed by atoms with E-state index in [4.69, 9.17) is 9.47 Å². The third-order valence-corrected chi connectivity index (χ3v) is 3.28. The summed E-state index contributed by atoms with van der Waals surface area (Å²) in [6.45, 7) is 1.48. The number of rotatable bonds is 6. The third-order valence-electron chi connectivity index (χ3n) is 3.28. The fourth-order valence-electron chi connectivity index (χ4n) is 2.16. The number of hydrogen-bond donors (Lipinski definition) is 1. The van der Waals surface area contributed by atoms with Crippen LogP contribution >= 0.6 is 0 Å². The summed E-state index contributed by atoms with van der Waals surface area (Å²) in [4.78, 5) is 11.8. The van der Waals surface area contributed by atoms with Crippen molar-refractivity contribution in [1.82, 2.24) is 25.5 Å². The van der Waals surface area contributed by atoms with Gasteiger partial charge in [0, 0.05) is 13.0 Å². The summed E-state index contributed by atoms with van der Waals surface area (Å²) in [5.74, 6) is 1.44. The maximum atomic E-state index is 11.8. The molecule has 1 aliphatic rings. The van der Waals surface area contributed by atoms with Crippen LogP contribution in [0.25, 0.3) is 0 Å². The Bertz CT molecular complexity index is 617. The van der Waals surface area contributed by atoms with E-state index in [0.717, 1.165) is 5.75 Å². The summed E-state index contributed by atoms with van der Waals surface area (Å²) in [5.41, 5.74) is 0. The lowest BCUT2D eigenvalue weighted by Gasteiger charge is -2.26. The van der Waals surface area contributed by atoms with Crippen LogP contribution in [0.15, 0.2) is 30.6 Å². The lowest BCUT2D eigenvalue weighted by molar-refractivity contribution is -0.121. The van der Waals surface area contributed by atoms with Gasteiger partial charge in [-0.2, -0.15) is 0 Å². The topological polar surface area (TPSA) is 91.2 Å². The Kier molecular flexibility index (Phi) is 4.47. The molecule has 0 saturated heterocycles. The predicted octanol–water partition coefficient (Wildman–Crippen LogP) is 0.409. The average molecular weight is 303 g/mol. The van der Waals surface area contributed by atoms with Gasteiger partial charge in [0.1, 0.15) is 19.0 Å². The number of aromatic nitrogens is 4. The van der Waals surface area contributed by atoms with Gasteiger partial charge in [-0.15, -0.1) is 5.10 Å². The number of carbonyl (C=O) groups excluding carboxylic acids is 1. The largest absolute Gasteiger partial charge is 0.486 e. The molecule has 3 rings (SSSR count). The molecule has 1 aromatic carbocycles. The van der Waals surface area contributed by atoms with Gasteiger partial charge >= 0.3 is 0 Å². The van der Waals surface area contributed by atoms with Crippen molar-refractivity contribution >= 4 is 5.91 Å². The summed E-state index contributed by atoms with van der Waals surface area (Å²) < 4.78 is 13.0. The number of tetrazole rings is 1. The van der Waals surface area contributed by atoms with Crippen LogP contribution in [0.5, 0.6) is 11.5 Å². The molecule has 8 heteroatoms. The lowest BCUT2D eigenvalue weighted by Crippen LogP contribution is -2.40. The number of aryl methyl sites for hydroxylation is 1. The number of fused-ring (bicyclic) bond motifs is 1. The molecule has 0 radical (unpaired) electrons. The molecule has 116 valence electrons. The Labute approximate surface area is 127 Å². The molecule has 1 aliphatic heterocycles. The van der Waals surface area contributed by atoms with Crippen LogP contribution in [0, 0.1) is 0 Å². The van der Waals surface area contributed by atoms with E-state index >= 15 is 0 Å². The minimum atomic E-state index is -0.168. The van der Waals surface area contributed by atoms with Crippen LogP contribution in [0.2, 0.25) is 0 Å². The third kappa shape index (κ3) is 3.72. The van der Waals surface area contributed by atoms with E-state index in [9.17, 15) is 4.79 Å². The van der Waals surface area contributed by atoms with Crippen LogP contribution in [-0.2, 0) is 11.3 Å². The fraction of sp³-hybridized carbons (Fsp3) is 0.429. The molecule has 0 saturated carbocycles. The van der Waals surface area contributed by atoms with E-state index in [2.05, 4.69) is 20.8 Å². The zero-order valence-electron chi connectivity index (χ0n) is 12.0. The number of amides is 1. The van der Waals surface area contributed by atoms with Gasteiger partial charge in [-0.05, 0) is 29.0 Å². The van der Waals surface area contributed by atoms with Gasteiger partial charge in [0.25, 0.3) is 0 Å². The lowest BCUT2D eigenvalue weighted by atomic mass is 10.2. The van der Waals surface area contributed by atoms with Crippen LogP contribution in [-0.4, -0.2) is 45.4 Å². The van der Waals surface area contributed by atoms with Crippen molar-refractivity contribution in [2.45, 2.75) is 25.5 Å². The van der Waals surface area contributed by atoms with Gasteiger partial charge in [0.05, 0.1) is 6.54 Å². The Hall–Kier alpha value is -2.64. The average Bonchev–Trinajstić information content (AvgIpc) is 3.06. The van der Waals surface area contributed by atoms with Crippen molar-refractivity contribution in [3.8, 4) is 11.5 Å². The number of hydrogen-bond acceptors (Lipinski definition) is 6. The number of nitrogens with zero attached hydrogens (tertiary/aromatic N) is 4. The van der Waals surface area contributed by atoms with Crippen molar-refractivity contribution in [3.63, 3.8) is 0 Å². The Morgan fingerprint density at radius 3 is 3.05 bits per heavy atom. The first kappa shape index (κ1) is 14.3. The molecule has 2 heterocycles. The van der Waals surface area contributed by atoms with Gasteiger partial charge in [0.15, 0.2) is 11.5 Å². The van der Waals surface area contributed by atoms with Gasteiger partial charge in [-0.3, -0.25) is 4.79 Å². The molecule has 22 heavy (non-hydrogen) atoms. The van der Waals surface area contributed by atoms with Crippen molar-refractivity contribution in [3.05, 3.63) is 30.6 Å². The van der Waals surface area contributed by atoms with E-state index in [0.29, 0.717) is 38.3 Å². The molecule has 2 aromatic rings. The summed E-state index contributed by atoms with van der Waals surface area (Å²) in [7, 11) is 0. The predicted molar refractivity (Wildman–Crippen MR) is 76.4 cm³/mol. The van der Waals surface area contributed by atoms with Crippen molar-refractivity contribution in [1.29, 1.82) is 0 Å². The molecule has 1 amide bonds. The SMILES string of the molecule is O=C(CCCn1cnnn1)NC[C@@H]1COc2ccccc2O1. The van der Waals surface area contributed by atoms with Crippen LogP contribution in [0.4, 0.5) is 0 Å². The van der Waals surface area contributed by atoms with Crippen LogP contribution in [0.1, 0.15) is 12.8 Å². The minimum Gasteiger partial charge on any atom is -0.486 e. The summed E-state index contributed by atoms with van der Waals surface area (Å²) in [6, 6.07) is 7.51. The number of benzene rings is 1. The first-order valence-corrected chi connectivity index (χ1v) is 7.17. The second kappa shape index (κ2) is 6.88. The molecule has 0 aliphatic carbocycles. The molecular weight excluding hydrogens is 286 g/mol. The number of para-hydroxylation sites is 2. The van der Waals surface area contributed by atoms with E-state index in [1.165, 1.54) is 6.33 Å². The van der Waals surface area contributed by atoms with Gasteiger partial charge in [0.2, 0.25) is 5.91 Å². The highest BCUT2D eigenvalue weighted by Crippen LogP contribution is 2.30. The molecule has 1 aromatic heterocycles. The first-order chi connectivity index (χ1) is 10.8. The summed E-state index contributed by atoms with van der Waals surface area (Å²) in [5, 5.41) is 13.7. The molecule has 0 unspecified atom stereocenters. The normalized spacial score (nSPS) is 16.3. The maximum Gasteiger partial charge on any atom is 0.220 e. The molecule has 0 fully saturated rings. The standard InChI is InChI=1S/C14H17N5O3/c20-14(6-3-7-19-10-16-17-18-19)15-8-11-9-21-12-4-1-2-5-13(12)22-11/h1-2,4-5,10-11H,3,6-9H2,(H,15,20)/t11-/m1/s1. The number of nitrogens with one attached hydrogen (secondary N) is 1. The van der Waals surface area contributed by atoms with Gasteiger partial charge in [-0.25, -0.2) is 4.68 Å². The van der Waals surface area contributed by atoms with Crippen molar-refractivity contribution in [2.24, 2.45) is 0 Å². The molecule has 8 nitrogen and oxygen atoms in total. The summed E-state index contributed by atoms with van der Waals surface area (Å²) in [6.07, 6.45) is 2.47. The number of ether oxygens (including phenoxy) is 2. The quantitative estimate of drug-likeness (QED) is 0.831. The minimum absolute atomic E-state index is 0.0180. The highest BCUT2D eigenvalue weighted by Gasteiger charge is 2.20. The monoisotopic (exact) mass is 303 g/mol. The molecular formula is C14H17N5O3. The summed E-state index contributed by atoms with van der Waals surface area (Å²) >= 11 is 0. The molecule has 0 bridgehead atoms. The smallest absolute Gasteiger partial charge is 0.220 e. The Morgan fingerprint density at radius 1 is 1.36 bits per heavy atom. The van der Waals surface area contributed by atoms with E-state index in [1.807, 2.05) is 24.3 Å². The Balaban J connectivity index is 1.37. The zero-order chi connectivity index (χ0) is 15.2. The highest BCUT2D eigenvalue weighted by atomic mass is 16.6. The zero-order valence-corrected chi connectivity index (χ0v) is 12.0. The maximum absolute atomic E-state index is 11.8. The van der Waals surface area contributed by atoms with E-state index in [-0.39, 0.29) is 12.0 Å². The fourth-order valence-corrected chi connectivity index (χ4v) is 2.16. The van der Waals surface area contributed by atoms with E-state index in [1.54, 1.807) is 4.68 Å². The van der Waals surface area contributed by atoms with Gasteiger partial charge in [-0.1, -0.05) is 12.1 Å². The Morgan fingerprint density at radius 2 is 2.23 bits per heavy atom. The second-order valence-electron chi connectivity index (χ2n) is 4.98. The van der Waals surface area contributed by atoms with Crippen molar-refractivity contribution in [2.75, 3.05) is 13.2 Å². The van der Waals surface area contributed by atoms with Crippen LogP contribution in [0.3, 0.4) is 0 Å². The van der Waals surface area contributed by atoms with E-state index < -0.39 is 0 Å². The molecule has 1 atom stereocenters. The molecule has 1 N–H and O–H groups in total. The van der Waals surface area contributed by atoms with Crippen LogP contribution < -0.4 is 14.8 Å². The number of carbonyl (C=O) groups is 1. The molecule has 0 spiro atoms. The first-order valence-electron chi connectivity index (χ1n) is 7.17. The highest BCUT2D eigenvalue weighted by molar-refractivity contribution is 5.75.